The Morgan fingerprint density at radius 3 is 2.60 bits per heavy atom. The molecule has 1 saturated carbocycles. The highest BCUT2D eigenvalue weighted by atomic mass is 19.3. The normalized spacial score (nSPS) is 23.4. The summed E-state index contributed by atoms with van der Waals surface area (Å²) in [6.07, 6.45) is 4.69. The molecule has 4 rings (SSSR count). The van der Waals surface area contributed by atoms with Crippen molar-refractivity contribution in [2.24, 2.45) is 5.41 Å². The molecule has 2 fully saturated rings. The van der Waals surface area contributed by atoms with Crippen molar-refractivity contribution in [3.8, 4) is 0 Å². The van der Waals surface area contributed by atoms with Crippen molar-refractivity contribution >= 4 is 11.3 Å². The Morgan fingerprint density at radius 2 is 1.95 bits per heavy atom. The van der Waals surface area contributed by atoms with Crippen molar-refractivity contribution in [3.63, 3.8) is 0 Å². The first-order valence-electron chi connectivity index (χ1n) is 6.95. The van der Waals surface area contributed by atoms with Crippen LogP contribution in [0.25, 0.3) is 5.52 Å². The van der Waals surface area contributed by atoms with Gasteiger partial charge in [0.15, 0.2) is 5.82 Å². The number of piperidine rings is 1. The smallest absolute Gasteiger partial charge is 0.254 e. The van der Waals surface area contributed by atoms with Crippen molar-refractivity contribution < 1.29 is 8.78 Å². The Hall–Kier alpha value is -1.72. The fourth-order valence-corrected chi connectivity index (χ4v) is 3.34. The summed E-state index contributed by atoms with van der Waals surface area (Å²) in [5, 5.41) is 4.36. The van der Waals surface area contributed by atoms with Gasteiger partial charge in [0.05, 0.1) is 5.69 Å². The van der Waals surface area contributed by atoms with Crippen molar-refractivity contribution in [3.05, 3.63) is 24.2 Å². The molecule has 0 unspecified atom stereocenters. The molecule has 0 atom stereocenters. The highest BCUT2D eigenvalue weighted by molar-refractivity contribution is 5.69. The molecule has 1 aliphatic heterocycles. The number of aromatic nitrogens is 3. The van der Waals surface area contributed by atoms with Crippen LogP contribution in [0.5, 0.6) is 0 Å². The van der Waals surface area contributed by atoms with Crippen LogP contribution in [-0.2, 0) is 0 Å². The summed E-state index contributed by atoms with van der Waals surface area (Å²) in [5.74, 6) is -1.59. The molecule has 1 spiro atoms. The van der Waals surface area contributed by atoms with Crippen molar-refractivity contribution in [2.45, 2.75) is 32.1 Å². The fourth-order valence-electron chi connectivity index (χ4n) is 3.34. The van der Waals surface area contributed by atoms with Gasteiger partial charge >= 0.3 is 0 Å². The Kier molecular flexibility index (Phi) is 2.22. The summed E-state index contributed by atoms with van der Waals surface area (Å²) in [5.41, 5.74) is 1.16. The van der Waals surface area contributed by atoms with E-state index in [1.807, 2.05) is 19.2 Å². The summed E-state index contributed by atoms with van der Waals surface area (Å²) in [7, 11) is 0. The summed E-state index contributed by atoms with van der Waals surface area (Å²) < 4.78 is 28.6. The van der Waals surface area contributed by atoms with Crippen LogP contribution in [0, 0.1) is 12.3 Å². The van der Waals surface area contributed by atoms with Crippen LogP contribution in [0.15, 0.2) is 18.5 Å². The van der Waals surface area contributed by atoms with Gasteiger partial charge in [0, 0.05) is 37.3 Å². The van der Waals surface area contributed by atoms with E-state index in [-0.39, 0.29) is 6.42 Å². The zero-order chi connectivity index (χ0) is 14.0. The van der Waals surface area contributed by atoms with Crippen LogP contribution in [0.2, 0.25) is 0 Å². The van der Waals surface area contributed by atoms with Gasteiger partial charge < -0.3 is 4.90 Å². The van der Waals surface area contributed by atoms with Gasteiger partial charge in [-0.15, -0.1) is 0 Å². The highest BCUT2D eigenvalue weighted by Crippen LogP contribution is 2.65. The van der Waals surface area contributed by atoms with Crippen LogP contribution in [0.3, 0.4) is 0 Å². The maximum Gasteiger partial charge on any atom is 0.254 e. The van der Waals surface area contributed by atoms with E-state index in [9.17, 15) is 8.78 Å². The van der Waals surface area contributed by atoms with Gasteiger partial charge in [0.1, 0.15) is 5.52 Å². The third-order valence-electron chi connectivity index (χ3n) is 4.72. The number of hydrogen-bond acceptors (Lipinski definition) is 3. The minimum atomic E-state index is -2.44. The molecule has 4 nitrogen and oxygen atoms in total. The molecule has 2 aromatic rings. The summed E-state index contributed by atoms with van der Waals surface area (Å²) >= 11 is 0. The number of alkyl halides is 2. The van der Waals surface area contributed by atoms with Crippen LogP contribution in [0.1, 0.15) is 25.0 Å². The molecule has 0 aromatic carbocycles. The predicted molar refractivity (Wildman–Crippen MR) is 71.2 cm³/mol. The van der Waals surface area contributed by atoms with Crippen LogP contribution >= 0.6 is 0 Å². The summed E-state index contributed by atoms with van der Waals surface area (Å²) in [6, 6.07) is 1.98. The first kappa shape index (κ1) is 12.1. The van der Waals surface area contributed by atoms with Crippen molar-refractivity contribution in [2.75, 3.05) is 18.0 Å². The Labute approximate surface area is 115 Å². The maximum atomic E-state index is 13.4. The molecule has 6 heteroatoms. The highest BCUT2D eigenvalue weighted by Gasteiger charge is 2.70. The zero-order valence-electron chi connectivity index (χ0n) is 11.3. The molecule has 2 aliphatic rings. The van der Waals surface area contributed by atoms with E-state index in [1.54, 1.807) is 10.7 Å². The molecular formula is C14H16F2N4. The van der Waals surface area contributed by atoms with Gasteiger partial charge in [0.2, 0.25) is 0 Å². The van der Waals surface area contributed by atoms with E-state index < -0.39 is 11.3 Å². The zero-order valence-corrected chi connectivity index (χ0v) is 11.3. The van der Waals surface area contributed by atoms with E-state index in [2.05, 4.69) is 15.0 Å². The minimum Gasteiger partial charge on any atom is -0.355 e. The van der Waals surface area contributed by atoms with Crippen molar-refractivity contribution in [1.82, 2.24) is 14.6 Å². The second-order valence-corrected chi connectivity index (χ2v) is 6.01. The molecule has 3 heterocycles. The molecule has 0 bridgehead atoms. The van der Waals surface area contributed by atoms with E-state index >= 15 is 0 Å². The molecule has 20 heavy (non-hydrogen) atoms. The topological polar surface area (TPSA) is 33.4 Å². The van der Waals surface area contributed by atoms with E-state index in [1.165, 1.54) is 0 Å². The lowest BCUT2D eigenvalue weighted by molar-refractivity contribution is 0.0537. The standard InChI is InChI=1S/C14H16F2N4/c1-10-8-11-12(17-4-7-20(11)18-10)19-5-2-13(3-6-19)9-14(13,15)16/h4,7-8H,2-3,5-6,9H2,1H3. The number of aryl methyl sites for hydroxylation is 1. The Morgan fingerprint density at radius 1 is 1.25 bits per heavy atom. The SMILES string of the molecule is Cc1cc2c(N3CCC4(CC3)CC4(F)F)nccn2n1. The van der Waals surface area contributed by atoms with Gasteiger partial charge in [-0.3, -0.25) is 0 Å². The average molecular weight is 278 g/mol. The molecule has 2 aromatic heterocycles. The first-order valence-corrected chi connectivity index (χ1v) is 6.95. The van der Waals surface area contributed by atoms with E-state index in [0.717, 1.165) is 17.0 Å². The summed E-state index contributed by atoms with van der Waals surface area (Å²) in [6.45, 7) is 3.23. The van der Waals surface area contributed by atoms with Gasteiger partial charge in [0.25, 0.3) is 5.92 Å². The average Bonchev–Trinajstić information content (AvgIpc) is 2.76. The summed E-state index contributed by atoms with van der Waals surface area (Å²) in [4.78, 5) is 6.53. The molecular weight excluding hydrogens is 262 g/mol. The van der Waals surface area contributed by atoms with Crippen molar-refractivity contribution in [1.29, 1.82) is 0 Å². The largest absolute Gasteiger partial charge is 0.355 e. The quantitative estimate of drug-likeness (QED) is 0.804. The number of rotatable bonds is 1. The van der Waals surface area contributed by atoms with Crippen LogP contribution in [-0.4, -0.2) is 33.6 Å². The lowest BCUT2D eigenvalue weighted by Crippen LogP contribution is -2.37. The fraction of sp³-hybridized carbons (Fsp3) is 0.571. The molecule has 0 radical (unpaired) electrons. The van der Waals surface area contributed by atoms with Gasteiger partial charge in [-0.2, -0.15) is 5.10 Å². The Balaban J connectivity index is 1.62. The lowest BCUT2D eigenvalue weighted by Gasteiger charge is -2.33. The van der Waals surface area contributed by atoms with Gasteiger partial charge in [-0.1, -0.05) is 0 Å². The molecule has 106 valence electrons. The van der Waals surface area contributed by atoms with E-state index in [4.69, 9.17) is 0 Å². The van der Waals surface area contributed by atoms with Crippen LogP contribution < -0.4 is 4.90 Å². The first-order chi connectivity index (χ1) is 9.51. The minimum absolute atomic E-state index is 0.0667. The van der Waals surface area contributed by atoms with Crippen LogP contribution in [0.4, 0.5) is 14.6 Å². The third kappa shape index (κ3) is 1.57. The molecule has 1 saturated heterocycles. The predicted octanol–water partition coefficient (Wildman–Crippen LogP) is 2.66. The molecule has 0 N–H and O–H groups in total. The molecule has 1 aliphatic carbocycles. The number of anilines is 1. The second-order valence-electron chi connectivity index (χ2n) is 6.01. The monoisotopic (exact) mass is 278 g/mol. The van der Waals surface area contributed by atoms with Gasteiger partial charge in [-0.05, 0) is 25.8 Å². The Bertz CT molecular complexity index is 671. The number of fused-ring (bicyclic) bond motifs is 1. The second kappa shape index (κ2) is 3.68. The lowest BCUT2D eigenvalue weighted by atomic mass is 9.93. The van der Waals surface area contributed by atoms with E-state index in [0.29, 0.717) is 25.9 Å². The van der Waals surface area contributed by atoms with Gasteiger partial charge in [-0.25, -0.2) is 18.3 Å². The maximum absolute atomic E-state index is 13.4. The number of nitrogens with zero attached hydrogens (tertiary/aromatic N) is 4. The third-order valence-corrected chi connectivity index (χ3v) is 4.72. The molecule has 0 amide bonds. The number of halogens is 2. The number of hydrogen-bond donors (Lipinski definition) is 0.